The Morgan fingerprint density at radius 2 is 2.20 bits per heavy atom. The maximum Gasteiger partial charge on any atom is 0.224 e. The number of carbonyl (C=O) groups excluding carboxylic acids is 1. The molecule has 1 unspecified atom stereocenters. The summed E-state index contributed by atoms with van der Waals surface area (Å²) in [5, 5.41) is 9.39. The molecule has 108 valence electrons. The van der Waals surface area contributed by atoms with Crippen LogP contribution in [-0.4, -0.2) is 25.0 Å². The van der Waals surface area contributed by atoms with Gasteiger partial charge in [-0.3, -0.25) is 4.79 Å². The maximum atomic E-state index is 14.0. The zero-order valence-electron chi connectivity index (χ0n) is 11.5. The molecule has 4 nitrogen and oxygen atoms in total. The number of nitrogens with one attached hydrogen (secondary N) is 3. The molecule has 2 aliphatic rings. The van der Waals surface area contributed by atoms with Crippen LogP contribution in [0, 0.1) is 5.82 Å². The lowest BCUT2D eigenvalue weighted by molar-refractivity contribution is -0.116. The number of hydrogen-bond acceptors (Lipinski definition) is 3. The molecule has 0 bridgehead atoms. The smallest absolute Gasteiger partial charge is 0.224 e. The van der Waals surface area contributed by atoms with E-state index < -0.39 is 0 Å². The average Bonchev–Trinajstić information content (AvgIpc) is 2.46. The Hall–Kier alpha value is -1.62. The van der Waals surface area contributed by atoms with Gasteiger partial charge in [0.15, 0.2) is 0 Å². The third-order valence-electron chi connectivity index (χ3n) is 4.04. The van der Waals surface area contributed by atoms with Crippen molar-refractivity contribution in [3.05, 3.63) is 23.5 Å². The molecule has 1 amide bonds. The fourth-order valence-electron chi connectivity index (χ4n) is 2.87. The second kappa shape index (κ2) is 5.79. The number of anilines is 2. The summed E-state index contributed by atoms with van der Waals surface area (Å²) in [7, 11) is 0. The van der Waals surface area contributed by atoms with Crippen LogP contribution in [-0.2, 0) is 11.2 Å². The number of fused-ring (bicyclic) bond motifs is 1. The summed E-state index contributed by atoms with van der Waals surface area (Å²) in [6, 6.07) is 3.64. The lowest BCUT2D eigenvalue weighted by atomic mass is 10.0. The highest BCUT2D eigenvalue weighted by Crippen LogP contribution is 2.28. The summed E-state index contributed by atoms with van der Waals surface area (Å²) < 4.78 is 14.0. The highest BCUT2D eigenvalue weighted by Gasteiger charge is 2.18. The highest BCUT2D eigenvalue weighted by atomic mass is 19.1. The second-order valence-electron chi connectivity index (χ2n) is 5.57. The molecule has 0 saturated carbocycles. The Kier molecular flexibility index (Phi) is 3.87. The first kappa shape index (κ1) is 13.4. The summed E-state index contributed by atoms with van der Waals surface area (Å²) in [6.45, 7) is 1.75. The van der Waals surface area contributed by atoms with Gasteiger partial charge >= 0.3 is 0 Å². The number of benzene rings is 1. The maximum absolute atomic E-state index is 14.0. The van der Waals surface area contributed by atoms with Crippen molar-refractivity contribution in [2.75, 3.05) is 23.7 Å². The van der Waals surface area contributed by atoms with Crippen molar-refractivity contribution in [2.24, 2.45) is 0 Å². The van der Waals surface area contributed by atoms with E-state index in [1.165, 1.54) is 18.9 Å². The second-order valence-corrected chi connectivity index (χ2v) is 5.57. The Balaban J connectivity index is 1.69. The minimum Gasteiger partial charge on any atom is -0.381 e. The zero-order valence-corrected chi connectivity index (χ0v) is 11.5. The molecule has 1 fully saturated rings. The number of rotatable bonds is 3. The van der Waals surface area contributed by atoms with Gasteiger partial charge in [0, 0.05) is 24.7 Å². The van der Waals surface area contributed by atoms with E-state index in [0.29, 0.717) is 31.1 Å². The van der Waals surface area contributed by atoms with Crippen LogP contribution >= 0.6 is 0 Å². The third kappa shape index (κ3) is 2.93. The molecular formula is C15H20FN3O. The van der Waals surface area contributed by atoms with Crippen LogP contribution in [0.25, 0.3) is 0 Å². The Morgan fingerprint density at radius 1 is 1.30 bits per heavy atom. The van der Waals surface area contributed by atoms with E-state index in [-0.39, 0.29) is 11.7 Å². The van der Waals surface area contributed by atoms with E-state index in [2.05, 4.69) is 16.0 Å². The molecule has 3 N–H and O–H groups in total. The van der Waals surface area contributed by atoms with Crippen LogP contribution in [0.4, 0.5) is 15.8 Å². The van der Waals surface area contributed by atoms with Crippen molar-refractivity contribution >= 4 is 17.3 Å². The summed E-state index contributed by atoms with van der Waals surface area (Å²) in [5.74, 6) is -0.236. The molecule has 2 aliphatic heterocycles. The third-order valence-corrected chi connectivity index (χ3v) is 4.04. The predicted molar refractivity (Wildman–Crippen MR) is 77.5 cm³/mol. The monoisotopic (exact) mass is 277 g/mol. The number of halogens is 1. The van der Waals surface area contributed by atoms with Crippen molar-refractivity contribution < 1.29 is 9.18 Å². The molecule has 1 aromatic rings. The minimum atomic E-state index is -0.240. The molecule has 1 aromatic carbocycles. The zero-order chi connectivity index (χ0) is 13.9. The summed E-state index contributed by atoms with van der Waals surface area (Å²) in [5.41, 5.74) is 2.09. The van der Waals surface area contributed by atoms with Crippen molar-refractivity contribution in [3.8, 4) is 0 Å². The number of hydrogen-bond donors (Lipinski definition) is 3. The van der Waals surface area contributed by atoms with Gasteiger partial charge in [0.25, 0.3) is 0 Å². The molecule has 20 heavy (non-hydrogen) atoms. The van der Waals surface area contributed by atoms with Gasteiger partial charge in [0.1, 0.15) is 5.82 Å². The molecule has 0 aromatic heterocycles. The largest absolute Gasteiger partial charge is 0.381 e. The van der Waals surface area contributed by atoms with Gasteiger partial charge in [-0.25, -0.2) is 4.39 Å². The van der Waals surface area contributed by atoms with Gasteiger partial charge in [-0.2, -0.15) is 0 Å². The topological polar surface area (TPSA) is 53.2 Å². The molecule has 1 atom stereocenters. The van der Waals surface area contributed by atoms with Gasteiger partial charge in [-0.1, -0.05) is 6.42 Å². The highest BCUT2D eigenvalue weighted by molar-refractivity contribution is 5.94. The molecule has 1 saturated heterocycles. The molecule has 3 rings (SSSR count). The van der Waals surface area contributed by atoms with Crippen LogP contribution in [0.3, 0.4) is 0 Å². The van der Waals surface area contributed by atoms with E-state index >= 15 is 0 Å². The van der Waals surface area contributed by atoms with Crippen LogP contribution in [0.15, 0.2) is 12.1 Å². The Bertz CT molecular complexity index is 512. The first-order chi connectivity index (χ1) is 9.72. The van der Waals surface area contributed by atoms with Gasteiger partial charge in [-0.15, -0.1) is 0 Å². The van der Waals surface area contributed by atoms with Crippen molar-refractivity contribution in [1.29, 1.82) is 0 Å². The van der Waals surface area contributed by atoms with Crippen LogP contribution in [0.5, 0.6) is 0 Å². The Labute approximate surface area is 118 Å². The van der Waals surface area contributed by atoms with Crippen LogP contribution < -0.4 is 16.0 Å². The standard InChI is InChI=1S/C15H20FN3O/c16-12-7-10-4-5-15(20)19-13(10)8-14(12)18-9-11-3-1-2-6-17-11/h7-8,11,17-18H,1-6,9H2,(H,19,20). The molecular weight excluding hydrogens is 257 g/mol. The van der Waals surface area contributed by atoms with Crippen LogP contribution in [0.2, 0.25) is 0 Å². The number of piperidine rings is 1. The fourth-order valence-corrected chi connectivity index (χ4v) is 2.87. The first-order valence-corrected chi connectivity index (χ1v) is 7.32. The summed E-state index contributed by atoms with van der Waals surface area (Å²) in [4.78, 5) is 11.4. The number of amides is 1. The summed E-state index contributed by atoms with van der Waals surface area (Å²) in [6.07, 6.45) is 4.61. The van der Waals surface area contributed by atoms with E-state index in [9.17, 15) is 9.18 Å². The molecule has 0 radical (unpaired) electrons. The predicted octanol–water partition coefficient (Wildman–Crippen LogP) is 2.26. The molecule has 0 spiro atoms. The van der Waals surface area contributed by atoms with E-state index in [1.54, 1.807) is 6.07 Å². The number of aryl methyl sites for hydroxylation is 1. The minimum absolute atomic E-state index is 0.00371. The summed E-state index contributed by atoms with van der Waals surface area (Å²) >= 11 is 0. The molecule has 5 heteroatoms. The molecule has 2 heterocycles. The van der Waals surface area contributed by atoms with E-state index in [4.69, 9.17) is 0 Å². The van der Waals surface area contributed by atoms with Gasteiger partial charge < -0.3 is 16.0 Å². The fraction of sp³-hybridized carbons (Fsp3) is 0.533. The molecule has 0 aliphatic carbocycles. The quantitative estimate of drug-likeness (QED) is 0.794. The lowest BCUT2D eigenvalue weighted by Gasteiger charge is -2.25. The van der Waals surface area contributed by atoms with Crippen molar-refractivity contribution in [2.45, 2.75) is 38.1 Å². The van der Waals surface area contributed by atoms with Crippen molar-refractivity contribution in [3.63, 3.8) is 0 Å². The van der Waals surface area contributed by atoms with Gasteiger partial charge in [-0.05, 0) is 43.5 Å². The average molecular weight is 277 g/mol. The number of carbonyl (C=O) groups is 1. The van der Waals surface area contributed by atoms with Gasteiger partial charge in [0.2, 0.25) is 5.91 Å². The van der Waals surface area contributed by atoms with Gasteiger partial charge in [0.05, 0.1) is 5.69 Å². The normalized spacial score (nSPS) is 22.1. The first-order valence-electron chi connectivity index (χ1n) is 7.32. The van der Waals surface area contributed by atoms with E-state index in [1.807, 2.05) is 0 Å². The lowest BCUT2D eigenvalue weighted by Crippen LogP contribution is -2.39. The SMILES string of the molecule is O=C1CCc2cc(F)c(NCC3CCCCN3)cc2N1. The van der Waals surface area contributed by atoms with Crippen molar-refractivity contribution in [1.82, 2.24) is 5.32 Å². The van der Waals surface area contributed by atoms with Crippen LogP contribution in [0.1, 0.15) is 31.2 Å². The Morgan fingerprint density at radius 3 is 3.00 bits per heavy atom. The van der Waals surface area contributed by atoms with E-state index in [0.717, 1.165) is 24.2 Å².